The largest absolute Gasteiger partial charge is 0.432 e. The quantitative estimate of drug-likeness (QED) is 0.643. The molecule has 0 atom stereocenters. The molecule has 1 aromatic heterocycles. The zero-order valence-corrected chi connectivity index (χ0v) is 15.4. The number of aromatic amines is 1. The SMILES string of the molecule is Cc1ccc(F)cc1C1(O)CCN(OC(=O)Nc2n[nH]c3ccccc23)CC1. The molecule has 1 saturated heterocycles. The van der Waals surface area contributed by atoms with Crippen LogP contribution in [0.15, 0.2) is 42.5 Å². The number of anilines is 1. The number of carbonyl (C=O) groups is 1. The maximum absolute atomic E-state index is 13.6. The van der Waals surface area contributed by atoms with Crippen LogP contribution in [-0.4, -0.2) is 39.5 Å². The Morgan fingerprint density at radius 2 is 2.04 bits per heavy atom. The molecule has 3 aromatic rings. The maximum Gasteiger partial charge on any atom is 0.432 e. The van der Waals surface area contributed by atoms with Crippen LogP contribution in [0.25, 0.3) is 10.9 Å². The molecule has 1 fully saturated rings. The monoisotopic (exact) mass is 384 g/mol. The van der Waals surface area contributed by atoms with Crippen LogP contribution in [0.3, 0.4) is 0 Å². The van der Waals surface area contributed by atoms with Gasteiger partial charge in [0.15, 0.2) is 5.82 Å². The van der Waals surface area contributed by atoms with Gasteiger partial charge in [0.1, 0.15) is 5.82 Å². The number of nitrogens with zero attached hydrogens (tertiary/aromatic N) is 2. The van der Waals surface area contributed by atoms with Gasteiger partial charge in [-0.15, -0.1) is 5.06 Å². The standard InChI is InChI=1S/C20H21FN4O3/c1-13-6-7-14(21)12-16(13)20(27)8-10-25(11-9-20)28-19(26)22-18-15-4-2-3-5-17(15)23-24-18/h2-7,12,27H,8-11H2,1H3,(H2,22,23,24,26). The number of hydrogen-bond donors (Lipinski definition) is 3. The second kappa shape index (κ2) is 7.21. The number of aliphatic hydroxyl groups is 1. The van der Waals surface area contributed by atoms with Crippen molar-refractivity contribution >= 4 is 22.8 Å². The summed E-state index contributed by atoms with van der Waals surface area (Å²) in [7, 11) is 0. The number of aromatic nitrogens is 2. The van der Waals surface area contributed by atoms with E-state index >= 15 is 0 Å². The summed E-state index contributed by atoms with van der Waals surface area (Å²) < 4.78 is 13.6. The fraction of sp³-hybridized carbons (Fsp3) is 0.300. The molecule has 1 aliphatic heterocycles. The highest BCUT2D eigenvalue weighted by Gasteiger charge is 2.36. The van der Waals surface area contributed by atoms with Crippen molar-refractivity contribution in [2.75, 3.05) is 18.4 Å². The molecule has 1 amide bonds. The molecule has 2 aromatic carbocycles. The van der Waals surface area contributed by atoms with Crippen molar-refractivity contribution in [3.8, 4) is 0 Å². The van der Waals surface area contributed by atoms with Crippen LogP contribution in [0, 0.1) is 12.7 Å². The number of aryl methyl sites for hydroxylation is 1. The van der Waals surface area contributed by atoms with E-state index < -0.39 is 11.7 Å². The summed E-state index contributed by atoms with van der Waals surface area (Å²) in [6.45, 7) is 2.51. The summed E-state index contributed by atoms with van der Waals surface area (Å²) in [4.78, 5) is 17.6. The molecule has 0 aliphatic carbocycles. The summed E-state index contributed by atoms with van der Waals surface area (Å²) in [5.41, 5.74) is 1.09. The Bertz CT molecular complexity index is 1010. The molecule has 1 aliphatic rings. The van der Waals surface area contributed by atoms with E-state index in [9.17, 15) is 14.3 Å². The van der Waals surface area contributed by atoms with E-state index in [1.807, 2.05) is 31.2 Å². The highest BCUT2D eigenvalue weighted by molar-refractivity contribution is 5.96. The number of amides is 1. The number of nitrogens with one attached hydrogen (secondary N) is 2. The number of hydroxylamine groups is 2. The van der Waals surface area contributed by atoms with E-state index in [0.29, 0.717) is 37.3 Å². The van der Waals surface area contributed by atoms with Crippen molar-refractivity contribution in [1.82, 2.24) is 15.3 Å². The number of benzene rings is 2. The fourth-order valence-corrected chi connectivity index (χ4v) is 3.61. The van der Waals surface area contributed by atoms with Crippen LogP contribution in [0.2, 0.25) is 0 Å². The zero-order chi connectivity index (χ0) is 19.7. The highest BCUT2D eigenvalue weighted by atomic mass is 19.1. The van der Waals surface area contributed by atoms with Crippen LogP contribution in [0.1, 0.15) is 24.0 Å². The lowest BCUT2D eigenvalue weighted by atomic mass is 9.82. The predicted octanol–water partition coefficient (Wildman–Crippen LogP) is 3.46. The lowest BCUT2D eigenvalue weighted by Gasteiger charge is -2.38. The van der Waals surface area contributed by atoms with Crippen LogP contribution in [0.5, 0.6) is 0 Å². The molecular formula is C20H21FN4O3. The first-order valence-corrected chi connectivity index (χ1v) is 9.11. The minimum absolute atomic E-state index is 0.329. The van der Waals surface area contributed by atoms with Gasteiger partial charge in [-0.1, -0.05) is 18.2 Å². The van der Waals surface area contributed by atoms with Crippen molar-refractivity contribution in [1.29, 1.82) is 0 Å². The van der Waals surface area contributed by atoms with Gasteiger partial charge >= 0.3 is 6.09 Å². The summed E-state index contributed by atoms with van der Waals surface area (Å²) >= 11 is 0. The van der Waals surface area contributed by atoms with Gasteiger partial charge in [0, 0.05) is 18.5 Å². The summed E-state index contributed by atoms with van der Waals surface area (Å²) in [6, 6.07) is 11.8. The van der Waals surface area contributed by atoms with Crippen molar-refractivity contribution < 1.29 is 19.1 Å². The van der Waals surface area contributed by atoms with Crippen LogP contribution < -0.4 is 5.32 Å². The van der Waals surface area contributed by atoms with E-state index in [-0.39, 0.29) is 5.82 Å². The molecule has 0 radical (unpaired) electrons. The van der Waals surface area contributed by atoms with Crippen molar-refractivity contribution in [2.45, 2.75) is 25.4 Å². The van der Waals surface area contributed by atoms with E-state index in [0.717, 1.165) is 16.5 Å². The van der Waals surface area contributed by atoms with Crippen molar-refractivity contribution in [2.24, 2.45) is 0 Å². The Morgan fingerprint density at radius 1 is 1.29 bits per heavy atom. The number of piperidine rings is 1. The predicted molar refractivity (Wildman–Crippen MR) is 102 cm³/mol. The lowest BCUT2D eigenvalue weighted by molar-refractivity contribution is -0.148. The third-order valence-corrected chi connectivity index (χ3v) is 5.15. The van der Waals surface area contributed by atoms with E-state index in [2.05, 4.69) is 15.5 Å². The van der Waals surface area contributed by atoms with Gasteiger partial charge in [0.25, 0.3) is 0 Å². The Kier molecular flexibility index (Phi) is 4.74. The van der Waals surface area contributed by atoms with Crippen LogP contribution in [-0.2, 0) is 10.4 Å². The topological polar surface area (TPSA) is 90.5 Å². The smallest absolute Gasteiger partial charge is 0.385 e. The molecular weight excluding hydrogens is 363 g/mol. The van der Waals surface area contributed by atoms with Gasteiger partial charge in [-0.2, -0.15) is 5.10 Å². The Morgan fingerprint density at radius 3 is 2.82 bits per heavy atom. The van der Waals surface area contributed by atoms with Crippen molar-refractivity contribution in [3.63, 3.8) is 0 Å². The molecule has 0 unspecified atom stereocenters. The first-order chi connectivity index (χ1) is 13.4. The molecule has 3 N–H and O–H groups in total. The van der Waals surface area contributed by atoms with Gasteiger partial charge in [0.2, 0.25) is 0 Å². The first kappa shape index (κ1) is 18.4. The Hall–Kier alpha value is -2.97. The maximum atomic E-state index is 13.6. The number of para-hydroxylation sites is 1. The van der Waals surface area contributed by atoms with Gasteiger partial charge in [0.05, 0.1) is 11.1 Å². The normalized spacial score (nSPS) is 16.8. The number of fused-ring (bicyclic) bond motifs is 1. The van der Waals surface area contributed by atoms with Crippen LogP contribution >= 0.6 is 0 Å². The Labute approximate surface area is 161 Å². The lowest BCUT2D eigenvalue weighted by Crippen LogP contribution is -2.44. The highest BCUT2D eigenvalue weighted by Crippen LogP contribution is 2.35. The van der Waals surface area contributed by atoms with E-state index in [1.54, 1.807) is 6.07 Å². The minimum Gasteiger partial charge on any atom is -0.385 e. The number of halogens is 1. The second-order valence-corrected chi connectivity index (χ2v) is 7.04. The number of H-pyrrole nitrogens is 1. The average molecular weight is 384 g/mol. The van der Waals surface area contributed by atoms with Gasteiger partial charge in [-0.25, -0.2) is 9.18 Å². The zero-order valence-electron chi connectivity index (χ0n) is 15.4. The average Bonchev–Trinajstić information content (AvgIpc) is 3.08. The minimum atomic E-state index is -1.14. The molecule has 0 spiro atoms. The summed E-state index contributed by atoms with van der Waals surface area (Å²) in [5.74, 6) is 0.0165. The molecule has 2 heterocycles. The molecule has 28 heavy (non-hydrogen) atoms. The molecule has 0 saturated carbocycles. The van der Waals surface area contributed by atoms with E-state index in [4.69, 9.17) is 4.84 Å². The van der Waals surface area contributed by atoms with Crippen molar-refractivity contribution in [3.05, 3.63) is 59.4 Å². The van der Waals surface area contributed by atoms with E-state index in [1.165, 1.54) is 17.2 Å². The Balaban J connectivity index is 1.37. The van der Waals surface area contributed by atoms with Gasteiger partial charge < -0.3 is 9.94 Å². The summed E-state index contributed by atoms with van der Waals surface area (Å²) in [5, 5.41) is 22.8. The number of hydrogen-bond acceptors (Lipinski definition) is 5. The van der Waals surface area contributed by atoms with Gasteiger partial charge in [-0.05, 0) is 55.2 Å². The number of carbonyl (C=O) groups excluding carboxylic acids is 1. The fourth-order valence-electron chi connectivity index (χ4n) is 3.61. The summed E-state index contributed by atoms with van der Waals surface area (Å²) in [6.07, 6.45) is 0.0101. The third kappa shape index (κ3) is 3.56. The molecule has 8 heteroatoms. The first-order valence-electron chi connectivity index (χ1n) is 9.11. The second-order valence-electron chi connectivity index (χ2n) is 7.04. The molecule has 0 bridgehead atoms. The molecule has 4 rings (SSSR count). The third-order valence-electron chi connectivity index (χ3n) is 5.15. The number of rotatable bonds is 3. The van der Waals surface area contributed by atoms with Gasteiger partial charge in [-0.3, -0.25) is 10.4 Å². The van der Waals surface area contributed by atoms with Crippen LogP contribution in [0.4, 0.5) is 15.0 Å². The molecule has 7 nitrogen and oxygen atoms in total. The molecule has 146 valence electrons.